The largest absolute Gasteiger partial charge is 0.472 e. The predicted octanol–water partition coefficient (Wildman–Crippen LogP) is 15.2. The molecule has 0 saturated heterocycles. The van der Waals surface area contributed by atoms with E-state index in [1.54, 1.807) is 0 Å². The highest BCUT2D eigenvalue weighted by molar-refractivity contribution is 7.47. The first-order valence-electron chi connectivity index (χ1n) is 23.9. The molecule has 9 heteroatoms. The summed E-state index contributed by atoms with van der Waals surface area (Å²) in [6.07, 6.45) is 48.4. The summed E-state index contributed by atoms with van der Waals surface area (Å²) in [7, 11) is -3.19. The topological polar surface area (TPSA) is 108 Å². The van der Waals surface area contributed by atoms with Gasteiger partial charge in [-0.3, -0.25) is 18.6 Å². The van der Waals surface area contributed by atoms with Crippen molar-refractivity contribution >= 4 is 19.8 Å². The fourth-order valence-corrected chi connectivity index (χ4v) is 7.53. The van der Waals surface area contributed by atoms with Gasteiger partial charge in [0.2, 0.25) is 0 Å². The maximum atomic E-state index is 12.5. The number of unbranched alkanes of at least 4 members (excludes halogenated alkanes) is 32. The third-order valence-corrected chi connectivity index (χ3v) is 11.7. The maximum absolute atomic E-state index is 12.5. The van der Waals surface area contributed by atoms with E-state index in [-0.39, 0.29) is 19.0 Å². The standard InChI is InChI=1S/C47H91O8P/c1-4-6-8-10-12-14-16-18-20-21-22-23-24-25-26-27-28-30-32-34-36-38-40-42-47(49)55-45(44-54-56(50,51)52-3)43-53-46(48)41-39-37-35-33-31-29-19-17-15-13-11-9-7-5-2/h21-22,45H,4-20,23-44H2,1-3H3,(H,50,51)/b22-21-. The Morgan fingerprint density at radius 2 is 0.804 bits per heavy atom. The number of carbonyl (C=O) groups is 2. The van der Waals surface area contributed by atoms with Crippen molar-refractivity contribution in [3.8, 4) is 0 Å². The van der Waals surface area contributed by atoms with E-state index in [9.17, 15) is 19.0 Å². The molecular weight excluding hydrogens is 723 g/mol. The molecule has 2 atom stereocenters. The van der Waals surface area contributed by atoms with Crippen LogP contribution in [0.25, 0.3) is 0 Å². The average Bonchev–Trinajstić information content (AvgIpc) is 3.19. The van der Waals surface area contributed by atoms with Gasteiger partial charge in [-0.1, -0.05) is 212 Å². The Balaban J connectivity index is 3.87. The Hall–Kier alpha value is -1.21. The molecule has 332 valence electrons. The van der Waals surface area contributed by atoms with Gasteiger partial charge in [0, 0.05) is 20.0 Å². The third kappa shape index (κ3) is 42.4. The van der Waals surface area contributed by atoms with Crippen LogP contribution in [0.2, 0.25) is 0 Å². The van der Waals surface area contributed by atoms with Gasteiger partial charge in [-0.05, 0) is 38.5 Å². The fourth-order valence-electron chi connectivity index (χ4n) is 7.07. The highest BCUT2D eigenvalue weighted by atomic mass is 31.2. The van der Waals surface area contributed by atoms with Crippen LogP contribution in [-0.2, 0) is 32.7 Å². The number of esters is 2. The predicted molar refractivity (Wildman–Crippen MR) is 235 cm³/mol. The number of allylic oxidation sites excluding steroid dienone is 2. The van der Waals surface area contributed by atoms with Crippen molar-refractivity contribution in [2.75, 3.05) is 20.3 Å². The highest BCUT2D eigenvalue weighted by Gasteiger charge is 2.24. The second-order valence-corrected chi connectivity index (χ2v) is 17.8. The first-order chi connectivity index (χ1) is 27.3. The number of hydrogen-bond acceptors (Lipinski definition) is 7. The van der Waals surface area contributed by atoms with Gasteiger partial charge in [-0.15, -0.1) is 0 Å². The van der Waals surface area contributed by atoms with Gasteiger partial charge < -0.3 is 14.4 Å². The Labute approximate surface area is 346 Å². The van der Waals surface area contributed by atoms with Crippen LogP contribution >= 0.6 is 7.82 Å². The van der Waals surface area contributed by atoms with E-state index >= 15 is 0 Å². The van der Waals surface area contributed by atoms with Crippen molar-refractivity contribution < 1.29 is 37.6 Å². The first kappa shape index (κ1) is 54.8. The minimum atomic E-state index is -4.26. The van der Waals surface area contributed by atoms with Gasteiger partial charge in [-0.25, -0.2) is 4.57 Å². The van der Waals surface area contributed by atoms with Crippen molar-refractivity contribution in [2.45, 2.75) is 258 Å². The zero-order chi connectivity index (χ0) is 41.1. The lowest BCUT2D eigenvalue weighted by Gasteiger charge is -2.19. The number of carbonyl (C=O) groups excluding carboxylic acids is 2. The molecule has 56 heavy (non-hydrogen) atoms. The summed E-state index contributed by atoms with van der Waals surface area (Å²) in [5.74, 6) is -0.790. The second kappa shape index (κ2) is 43.4. The summed E-state index contributed by atoms with van der Waals surface area (Å²) in [5.41, 5.74) is 0. The third-order valence-electron chi connectivity index (χ3n) is 10.8. The molecular formula is C47H91O8P. The lowest BCUT2D eigenvalue weighted by atomic mass is 10.0. The number of hydrogen-bond donors (Lipinski definition) is 1. The molecule has 0 aliphatic rings. The van der Waals surface area contributed by atoms with Crippen LogP contribution in [0.4, 0.5) is 0 Å². The minimum Gasteiger partial charge on any atom is -0.462 e. The molecule has 0 aliphatic heterocycles. The summed E-state index contributed by atoms with van der Waals surface area (Å²) in [6, 6.07) is 0. The van der Waals surface area contributed by atoms with E-state index in [0.717, 1.165) is 45.6 Å². The molecule has 0 aromatic heterocycles. The lowest BCUT2D eigenvalue weighted by Crippen LogP contribution is -2.29. The molecule has 1 N–H and O–H groups in total. The maximum Gasteiger partial charge on any atom is 0.472 e. The van der Waals surface area contributed by atoms with E-state index < -0.39 is 26.5 Å². The second-order valence-electron chi connectivity index (χ2n) is 16.3. The normalized spacial score (nSPS) is 13.3. The van der Waals surface area contributed by atoms with Crippen molar-refractivity contribution in [1.82, 2.24) is 0 Å². The van der Waals surface area contributed by atoms with Gasteiger partial charge in [-0.2, -0.15) is 0 Å². The molecule has 0 aromatic rings. The number of phosphoric acid groups is 1. The molecule has 0 rings (SSSR count). The molecule has 2 unspecified atom stereocenters. The molecule has 0 aliphatic carbocycles. The van der Waals surface area contributed by atoms with Crippen molar-refractivity contribution in [3.63, 3.8) is 0 Å². The van der Waals surface area contributed by atoms with Crippen LogP contribution in [-0.4, -0.2) is 43.3 Å². The van der Waals surface area contributed by atoms with E-state index in [0.29, 0.717) is 6.42 Å². The van der Waals surface area contributed by atoms with Gasteiger partial charge in [0.15, 0.2) is 6.10 Å². The first-order valence-corrected chi connectivity index (χ1v) is 25.4. The molecule has 8 nitrogen and oxygen atoms in total. The van der Waals surface area contributed by atoms with Gasteiger partial charge >= 0.3 is 19.8 Å². The van der Waals surface area contributed by atoms with Crippen LogP contribution in [0.15, 0.2) is 12.2 Å². The van der Waals surface area contributed by atoms with Gasteiger partial charge in [0.25, 0.3) is 0 Å². The average molecular weight is 815 g/mol. The molecule has 0 spiro atoms. The minimum absolute atomic E-state index is 0.219. The molecule has 0 aromatic carbocycles. The fraction of sp³-hybridized carbons (Fsp3) is 0.915. The number of ether oxygens (including phenoxy) is 2. The summed E-state index contributed by atoms with van der Waals surface area (Å²) in [5, 5.41) is 0. The van der Waals surface area contributed by atoms with Gasteiger partial charge in [0.05, 0.1) is 6.61 Å². The van der Waals surface area contributed by atoms with Crippen molar-refractivity contribution in [2.24, 2.45) is 0 Å². The van der Waals surface area contributed by atoms with Crippen LogP contribution in [0, 0.1) is 0 Å². The molecule has 0 heterocycles. The van der Waals surface area contributed by atoms with Crippen LogP contribution in [0.3, 0.4) is 0 Å². The van der Waals surface area contributed by atoms with E-state index in [1.807, 2.05) is 0 Å². The van der Waals surface area contributed by atoms with Crippen LogP contribution < -0.4 is 0 Å². The summed E-state index contributed by atoms with van der Waals surface area (Å²) in [6.45, 7) is 3.92. The van der Waals surface area contributed by atoms with E-state index in [1.165, 1.54) is 186 Å². The SMILES string of the molecule is CCCCCCCCCC/C=C\CCCCCCCCCCCCCC(=O)OC(COC(=O)CCCCCCCCCCCCCCCC)COP(=O)(O)OC. The van der Waals surface area contributed by atoms with Crippen molar-refractivity contribution in [1.29, 1.82) is 0 Å². The van der Waals surface area contributed by atoms with Crippen LogP contribution in [0.5, 0.6) is 0 Å². The smallest absolute Gasteiger partial charge is 0.462 e. The van der Waals surface area contributed by atoms with Crippen LogP contribution in [0.1, 0.15) is 251 Å². The molecule has 0 radical (unpaired) electrons. The quantitative estimate of drug-likeness (QED) is 0.0280. The van der Waals surface area contributed by atoms with Gasteiger partial charge in [0.1, 0.15) is 6.61 Å². The van der Waals surface area contributed by atoms with Crippen molar-refractivity contribution in [3.05, 3.63) is 12.2 Å². The molecule has 0 fully saturated rings. The monoisotopic (exact) mass is 815 g/mol. The van der Waals surface area contributed by atoms with E-state index in [4.69, 9.17) is 14.0 Å². The Kier molecular flexibility index (Phi) is 42.4. The zero-order valence-electron chi connectivity index (χ0n) is 37.1. The molecule has 0 amide bonds. The zero-order valence-corrected chi connectivity index (χ0v) is 38.0. The number of phosphoric ester groups is 1. The molecule has 0 saturated carbocycles. The Morgan fingerprint density at radius 3 is 1.16 bits per heavy atom. The number of rotatable bonds is 45. The Morgan fingerprint density at radius 1 is 0.482 bits per heavy atom. The summed E-state index contributed by atoms with van der Waals surface area (Å²) < 4.78 is 32.1. The molecule has 0 bridgehead atoms. The Bertz CT molecular complexity index is 926. The summed E-state index contributed by atoms with van der Waals surface area (Å²) >= 11 is 0. The van der Waals surface area contributed by atoms with E-state index in [2.05, 4.69) is 30.5 Å². The highest BCUT2D eigenvalue weighted by Crippen LogP contribution is 2.42. The summed E-state index contributed by atoms with van der Waals surface area (Å²) in [4.78, 5) is 34.5. The lowest BCUT2D eigenvalue weighted by molar-refractivity contribution is -0.161.